The van der Waals surface area contributed by atoms with E-state index in [0.717, 1.165) is 22.7 Å². The summed E-state index contributed by atoms with van der Waals surface area (Å²) in [5.41, 5.74) is 0. The van der Waals surface area contributed by atoms with Crippen molar-refractivity contribution in [3.05, 3.63) is 32.9 Å². The molecule has 0 aromatic carbocycles. The lowest BCUT2D eigenvalue weighted by Crippen LogP contribution is -2.31. The summed E-state index contributed by atoms with van der Waals surface area (Å²) in [5, 5.41) is 0. The van der Waals surface area contributed by atoms with Crippen molar-refractivity contribution in [2.24, 2.45) is 0 Å². The van der Waals surface area contributed by atoms with Gasteiger partial charge >= 0.3 is 0 Å². The molecule has 2 aromatic heterocycles. The molecule has 0 aliphatic carbocycles. The van der Waals surface area contributed by atoms with E-state index >= 15 is 0 Å². The molecule has 0 aliphatic heterocycles. The number of hydrogen-bond acceptors (Lipinski definition) is 6. The van der Waals surface area contributed by atoms with Gasteiger partial charge in [0, 0.05) is 20.1 Å². The summed E-state index contributed by atoms with van der Waals surface area (Å²) >= 11 is 13.4. The van der Waals surface area contributed by atoms with Crippen molar-refractivity contribution in [3.63, 3.8) is 0 Å². The fourth-order valence-corrected chi connectivity index (χ4v) is 7.24. The summed E-state index contributed by atoms with van der Waals surface area (Å²) in [6.45, 7) is 0.286. The van der Waals surface area contributed by atoms with Gasteiger partial charge < -0.3 is 0 Å². The molecule has 2 rings (SSSR count). The smallest absolute Gasteiger partial charge is 0.210 e. The summed E-state index contributed by atoms with van der Waals surface area (Å²) in [4.78, 5) is 0. The first-order valence-corrected chi connectivity index (χ1v) is 11.9. The quantitative estimate of drug-likeness (QED) is 0.628. The number of nitrogens with zero attached hydrogens (tertiary/aromatic N) is 1. The number of rotatable bonds is 8. The van der Waals surface area contributed by atoms with Crippen LogP contribution in [0.25, 0.3) is 0 Å². The van der Waals surface area contributed by atoms with Gasteiger partial charge in [0.2, 0.25) is 10.0 Å². The van der Waals surface area contributed by atoms with Gasteiger partial charge in [-0.1, -0.05) is 23.2 Å². The van der Waals surface area contributed by atoms with E-state index < -0.39 is 20.0 Å². The number of thiophene rings is 2. The first-order chi connectivity index (χ1) is 11.1. The lowest BCUT2D eigenvalue weighted by atomic mass is 10.4. The summed E-state index contributed by atoms with van der Waals surface area (Å²) in [6, 6.07) is 5.90. The molecule has 6 nitrogen and oxygen atoms in total. The second-order valence-electron chi connectivity index (χ2n) is 4.69. The molecule has 0 saturated heterocycles. The molecule has 0 atom stereocenters. The molecule has 0 fully saturated rings. The normalized spacial score (nSPS) is 12.8. The van der Waals surface area contributed by atoms with E-state index in [4.69, 9.17) is 23.2 Å². The lowest BCUT2D eigenvalue weighted by molar-refractivity contribution is 0.462. The van der Waals surface area contributed by atoms with E-state index in [2.05, 4.69) is 4.72 Å². The molecule has 1 N–H and O–H groups in total. The fraction of sp³-hybridized carbons (Fsp3) is 0.333. The van der Waals surface area contributed by atoms with Crippen LogP contribution in [0.1, 0.15) is 6.42 Å². The number of sulfonamides is 2. The molecule has 0 amide bonds. The minimum absolute atomic E-state index is 0.114. The van der Waals surface area contributed by atoms with Crippen LogP contribution in [0.3, 0.4) is 0 Å². The van der Waals surface area contributed by atoms with Crippen molar-refractivity contribution in [3.8, 4) is 0 Å². The summed E-state index contributed by atoms with van der Waals surface area (Å²) < 4.78 is 53.2. The minimum Gasteiger partial charge on any atom is -0.210 e. The third kappa shape index (κ3) is 4.92. The van der Waals surface area contributed by atoms with Gasteiger partial charge in [-0.25, -0.2) is 25.9 Å². The highest BCUT2D eigenvalue weighted by Crippen LogP contribution is 2.28. The van der Waals surface area contributed by atoms with Crippen LogP contribution in [0.5, 0.6) is 0 Å². The van der Waals surface area contributed by atoms with Gasteiger partial charge in [-0.15, -0.1) is 22.7 Å². The van der Waals surface area contributed by atoms with Crippen LogP contribution in [0, 0.1) is 0 Å². The van der Waals surface area contributed by atoms with Gasteiger partial charge in [-0.05, 0) is 30.7 Å². The van der Waals surface area contributed by atoms with Gasteiger partial charge in [-0.3, -0.25) is 0 Å². The molecule has 2 heterocycles. The molecule has 0 unspecified atom stereocenters. The second kappa shape index (κ2) is 8.00. The molecule has 134 valence electrons. The van der Waals surface area contributed by atoms with Crippen molar-refractivity contribution in [2.75, 3.05) is 20.1 Å². The molecule has 24 heavy (non-hydrogen) atoms. The molecule has 0 aliphatic rings. The Labute approximate surface area is 159 Å². The average Bonchev–Trinajstić information content (AvgIpc) is 3.12. The molecule has 0 spiro atoms. The van der Waals surface area contributed by atoms with Crippen molar-refractivity contribution in [1.82, 2.24) is 9.03 Å². The Morgan fingerprint density at radius 1 is 1.00 bits per heavy atom. The van der Waals surface area contributed by atoms with E-state index in [-0.39, 0.29) is 21.5 Å². The zero-order valence-corrected chi connectivity index (χ0v) is 17.2. The minimum atomic E-state index is -3.62. The van der Waals surface area contributed by atoms with Crippen molar-refractivity contribution in [2.45, 2.75) is 14.8 Å². The van der Waals surface area contributed by atoms with Crippen LogP contribution >= 0.6 is 45.9 Å². The first kappa shape index (κ1) is 20.1. The maximum atomic E-state index is 12.3. The highest BCUT2D eigenvalue weighted by Gasteiger charge is 2.22. The van der Waals surface area contributed by atoms with E-state index in [1.54, 1.807) is 0 Å². The zero-order valence-electron chi connectivity index (χ0n) is 12.4. The number of nitrogens with one attached hydrogen (secondary N) is 1. The average molecular weight is 449 g/mol. The van der Waals surface area contributed by atoms with Gasteiger partial charge in [0.25, 0.3) is 10.0 Å². The third-order valence-corrected chi connectivity index (χ3v) is 9.71. The summed E-state index contributed by atoms with van der Waals surface area (Å²) in [6.07, 6.45) is 0.327. The molecule has 0 saturated carbocycles. The Morgan fingerprint density at radius 2 is 1.54 bits per heavy atom. The predicted molar refractivity (Wildman–Crippen MR) is 98.3 cm³/mol. The molecule has 12 heteroatoms. The van der Waals surface area contributed by atoms with Crippen LogP contribution in [0.15, 0.2) is 32.7 Å². The Balaban J connectivity index is 1.88. The van der Waals surface area contributed by atoms with Gasteiger partial charge in [0.1, 0.15) is 8.42 Å². The Bertz CT molecular complexity index is 905. The molecule has 0 radical (unpaired) electrons. The van der Waals surface area contributed by atoms with Gasteiger partial charge in [0.15, 0.2) is 0 Å². The van der Waals surface area contributed by atoms with Gasteiger partial charge in [-0.2, -0.15) is 0 Å². The monoisotopic (exact) mass is 448 g/mol. The second-order valence-corrected chi connectivity index (χ2v) is 12.4. The van der Waals surface area contributed by atoms with E-state index in [1.807, 2.05) is 0 Å². The van der Waals surface area contributed by atoms with E-state index in [0.29, 0.717) is 15.1 Å². The summed E-state index contributed by atoms with van der Waals surface area (Å²) in [5.74, 6) is 0. The van der Waals surface area contributed by atoms with Crippen LogP contribution in [0.2, 0.25) is 8.67 Å². The molecular formula is C12H14Cl2N2O4S4. The summed E-state index contributed by atoms with van der Waals surface area (Å²) in [7, 11) is -5.79. The highest BCUT2D eigenvalue weighted by atomic mass is 35.5. The van der Waals surface area contributed by atoms with Crippen LogP contribution in [-0.2, 0) is 20.0 Å². The van der Waals surface area contributed by atoms with Crippen molar-refractivity contribution < 1.29 is 16.8 Å². The SMILES string of the molecule is CN(CCCNS(=O)(=O)c1ccc(Cl)s1)S(=O)(=O)c1ccc(Cl)s1. The van der Waals surface area contributed by atoms with Crippen molar-refractivity contribution in [1.29, 1.82) is 0 Å². The molecule has 0 bridgehead atoms. The number of hydrogen-bond donors (Lipinski definition) is 1. The van der Waals surface area contributed by atoms with Gasteiger partial charge in [0.05, 0.1) is 8.67 Å². The Kier molecular flexibility index (Phi) is 6.71. The highest BCUT2D eigenvalue weighted by molar-refractivity contribution is 7.91. The predicted octanol–water partition coefficient (Wildman–Crippen LogP) is 3.11. The Hall–Kier alpha value is -0.200. The molecular weight excluding hydrogens is 435 g/mol. The van der Waals surface area contributed by atoms with Crippen LogP contribution < -0.4 is 4.72 Å². The Morgan fingerprint density at radius 3 is 2.04 bits per heavy atom. The zero-order chi connectivity index (χ0) is 18.0. The third-order valence-electron chi connectivity index (χ3n) is 2.97. The fourth-order valence-electron chi connectivity index (χ4n) is 1.73. The number of halogens is 2. The van der Waals surface area contributed by atoms with E-state index in [9.17, 15) is 16.8 Å². The largest absolute Gasteiger partial charge is 0.252 e. The topological polar surface area (TPSA) is 83.6 Å². The van der Waals surface area contributed by atoms with Crippen LogP contribution in [-0.4, -0.2) is 41.3 Å². The maximum absolute atomic E-state index is 12.3. The first-order valence-electron chi connectivity index (χ1n) is 6.59. The molecule has 2 aromatic rings. The maximum Gasteiger partial charge on any atom is 0.252 e. The lowest BCUT2D eigenvalue weighted by Gasteiger charge is -2.15. The van der Waals surface area contributed by atoms with Crippen LogP contribution in [0.4, 0.5) is 0 Å². The van der Waals surface area contributed by atoms with Crippen molar-refractivity contribution >= 4 is 65.9 Å². The standard InChI is InChI=1S/C12H14Cl2N2O4S4/c1-16(24(19,20)12-6-4-10(14)22-12)8-2-7-15-23(17,18)11-5-3-9(13)21-11/h3-6,15H,2,7-8H2,1H3. The van der Waals surface area contributed by atoms with E-state index in [1.165, 1.54) is 35.6 Å².